The minimum Gasteiger partial charge on any atom is -0.378 e. The van der Waals surface area contributed by atoms with Crippen molar-refractivity contribution in [2.75, 3.05) is 31.2 Å². The minimum atomic E-state index is 0.314. The molecule has 0 aliphatic carbocycles. The smallest absolute Gasteiger partial charge is 0.0945 e. The predicted octanol–water partition coefficient (Wildman–Crippen LogP) is 2.11. The van der Waals surface area contributed by atoms with E-state index in [0.29, 0.717) is 6.04 Å². The van der Waals surface area contributed by atoms with Crippen molar-refractivity contribution in [2.24, 2.45) is 7.05 Å². The molecule has 1 aromatic carbocycles. The monoisotopic (exact) mass is 300 g/mol. The summed E-state index contributed by atoms with van der Waals surface area (Å²) in [7, 11) is 2.02. The number of aryl methyl sites for hydroxylation is 1. The second-order valence-electron chi connectivity index (χ2n) is 5.79. The van der Waals surface area contributed by atoms with Crippen molar-refractivity contribution in [3.63, 3.8) is 0 Å². The van der Waals surface area contributed by atoms with Crippen molar-refractivity contribution >= 4 is 5.69 Å². The first-order valence-corrected chi connectivity index (χ1v) is 7.85. The summed E-state index contributed by atoms with van der Waals surface area (Å²) in [6.45, 7) is 6.62. The molecule has 1 atom stereocenters. The van der Waals surface area contributed by atoms with Crippen LogP contribution in [0, 0.1) is 0 Å². The predicted molar refractivity (Wildman–Crippen MR) is 87.9 cm³/mol. The zero-order chi connectivity index (χ0) is 15.4. The van der Waals surface area contributed by atoms with Crippen molar-refractivity contribution in [1.82, 2.24) is 14.9 Å². The van der Waals surface area contributed by atoms with Crippen LogP contribution in [0.25, 0.3) is 0 Å². The zero-order valence-corrected chi connectivity index (χ0v) is 13.3. The van der Waals surface area contributed by atoms with E-state index in [2.05, 4.69) is 46.4 Å². The quantitative estimate of drug-likeness (QED) is 0.918. The summed E-state index contributed by atoms with van der Waals surface area (Å²) in [4.78, 5) is 6.52. The largest absolute Gasteiger partial charge is 0.378 e. The average Bonchev–Trinajstić information content (AvgIpc) is 2.99. The second-order valence-corrected chi connectivity index (χ2v) is 5.79. The Hall–Kier alpha value is -1.85. The van der Waals surface area contributed by atoms with Crippen molar-refractivity contribution in [1.29, 1.82) is 0 Å². The van der Waals surface area contributed by atoms with E-state index in [0.717, 1.165) is 32.8 Å². The summed E-state index contributed by atoms with van der Waals surface area (Å²) in [5, 5.41) is 3.55. The van der Waals surface area contributed by atoms with E-state index in [1.807, 2.05) is 24.1 Å². The van der Waals surface area contributed by atoms with E-state index in [-0.39, 0.29) is 0 Å². The molecule has 5 heteroatoms. The topological polar surface area (TPSA) is 42.3 Å². The Labute approximate surface area is 131 Å². The van der Waals surface area contributed by atoms with Gasteiger partial charge in [0.15, 0.2) is 0 Å². The molecule has 1 N–H and O–H groups in total. The van der Waals surface area contributed by atoms with E-state index < -0.39 is 0 Å². The standard InChI is InChI=1S/C17H24N4O/c1-14(19-12-17-11-18-13-20(17)2)15-3-5-16(6-4-15)21-7-9-22-10-8-21/h3-6,11,13-14,19H,7-10,12H2,1-2H3. The van der Waals surface area contributed by atoms with Gasteiger partial charge in [-0.25, -0.2) is 4.98 Å². The molecule has 3 rings (SSSR count). The molecule has 0 radical (unpaired) electrons. The summed E-state index contributed by atoms with van der Waals surface area (Å²) in [6.07, 6.45) is 3.74. The van der Waals surface area contributed by atoms with Crippen LogP contribution >= 0.6 is 0 Å². The third-order valence-electron chi connectivity index (χ3n) is 4.28. The third kappa shape index (κ3) is 3.48. The first-order valence-electron chi connectivity index (χ1n) is 7.85. The van der Waals surface area contributed by atoms with E-state index in [1.54, 1.807) is 0 Å². The first kappa shape index (κ1) is 15.1. The van der Waals surface area contributed by atoms with E-state index in [1.165, 1.54) is 16.9 Å². The molecular weight excluding hydrogens is 276 g/mol. The highest BCUT2D eigenvalue weighted by Gasteiger charge is 2.12. The van der Waals surface area contributed by atoms with Gasteiger partial charge in [-0.2, -0.15) is 0 Å². The lowest BCUT2D eigenvalue weighted by Gasteiger charge is -2.29. The third-order valence-corrected chi connectivity index (χ3v) is 4.28. The van der Waals surface area contributed by atoms with Crippen LogP contribution in [0.2, 0.25) is 0 Å². The fourth-order valence-corrected chi connectivity index (χ4v) is 2.73. The molecule has 22 heavy (non-hydrogen) atoms. The molecule has 2 aromatic rings. The highest BCUT2D eigenvalue weighted by Crippen LogP contribution is 2.20. The van der Waals surface area contributed by atoms with Gasteiger partial charge in [0.05, 0.1) is 25.2 Å². The molecule has 1 aromatic heterocycles. The summed E-state index contributed by atoms with van der Waals surface area (Å²) < 4.78 is 7.44. The Bertz CT molecular complexity index is 587. The molecule has 2 heterocycles. The van der Waals surface area contributed by atoms with Crippen molar-refractivity contribution < 1.29 is 4.74 Å². The number of rotatable bonds is 5. The number of morpholine rings is 1. The Morgan fingerprint density at radius 1 is 1.23 bits per heavy atom. The van der Waals surface area contributed by atoms with Gasteiger partial charge < -0.3 is 19.5 Å². The Kier molecular flexibility index (Phi) is 4.75. The van der Waals surface area contributed by atoms with E-state index in [4.69, 9.17) is 4.74 Å². The summed E-state index contributed by atoms with van der Waals surface area (Å²) in [5.41, 5.74) is 3.78. The van der Waals surface area contributed by atoms with Crippen LogP contribution in [-0.4, -0.2) is 35.9 Å². The maximum absolute atomic E-state index is 5.40. The molecule has 0 spiro atoms. The van der Waals surface area contributed by atoms with Crippen molar-refractivity contribution in [3.8, 4) is 0 Å². The molecule has 5 nitrogen and oxygen atoms in total. The molecule has 1 aliphatic heterocycles. The van der Waals surface area contributed by atoms with Crippen molar-refractivity contribution in [2.45, 2.75) is 19.5 Å². The van der Waals surface area contributed by atoms with Crippen LogP contribution in [-0.2, 0) is 18.3 Å². The molecular formula is C17H24N4O. The fraction of sp³-hybridized carbons (Fsp3) is 0.471. The number of hydrogen-bond acceptors (Lipinski definition) is 4. The number of aromatic nitrogens is 2. The summed E-state index contributed by atoms with van der Waals surface area (Å²) in [5.74, 6) is 0. The van der Waals surface area contributed by atoms with Crippen LogP contribution in [0.15, 0.2) is 36.8 Å². The van der Waals surface area contributed by atoms with Gasteiger partial charge >= 0.3 is 0 Å². The first-order chi connectivity index (χ1) is 10.7. The minimum absolute atomic E-state index is 0.314. The average molecular weight is 300 g/mol. The maximum Gasteiger partial charge on any atom is 0.0945 e. The van der Waals surface area contributed by atoms with Gasteiger partial charge in [0.1, 0.15) is 0 Å². The molecule has 118 valence electrons. The molecule has 0 saturated carbocycles. The molecule has 1 fully saturated rings. The number of ether oxygens (including phenoxy) is 1. The lowest BCUT2D eigenvalue weighted by atomic mass is 10.1. The van der Waals surface area contributed by atoms with Crippen LogP contribution < -0.4 is 10.2 Å². The highest BCUT2D eigenvalue weighted by molar-refractivity contribution is 5.48. The molecule has 1 saturated heterocycles. The SMILES string of the molecule is CC(NCc1cncn1C)c1ccc(N2CCOCC2)cc1. The van der Waals surface area contributed by atoms with Crippen LogP contribution in [0.3, 0.4) is 0 Å². The summed E-state index contributed by atoms with van der Waals surface area (Å²) >= 11 is 0. The van der Waals surface area contributed by atoms with Crippen LogP contribution in [0.1, 0.15) is 24.2 Å². The Morgan fingerprint density at radius 3 is 2.59 bits per heavy atom. The Morgan fingerprint density at radius 2 is 1.95 bits per heavy atom. The second kappa shape index (κ2) is 6.94. The molecule has 0 bridgehead atoms. The van der Waals surface area contributed by atoms with Gasteiger partial charge in [0.25, 0.3) is 0 Å². The number of nitrogens with one attached hydrogen (secondary N) is 1. The fourth-order valence-electron chi connectivity index (χ4n) is 2.73. The molecule has 0 amide bonds. The zero-order valence-electron chi connectivity index (χ0n) is 13.3. The molecule has 1 aliphatic rings. The van der Waals surface area contributed by atoms with Crippen LogP contribution in [0.5, 0.6) is 0 Å². The lowest BCUT2D eigenvalue weighted by Crippen LogP contribution is -2.36. The number of anilines is 1. The maximum atomic E-state index is 5.40. The molecule has 1 unspecified atom stereocenters. The number of imidazole rings is 1. The van der Waals surface area contributed by atoms with Gasteiger partial charge in [0.2, 0.25) is 0 Å². The number of benzene rings is 1. The van der Waals surface area contributed by atoms with E-state index >= 15 is 0 Å². The van der Waals surface area contributed by atoms with Gasteiger partial charge in [-0.15, -0.1) is 0 Å². The Balaban J connectivity index is 1.58. The summed E-state index contributed by atoms with van der Waals surface area (Å²) in [6, 6.07) is 9.16. The highest BCUT2D eigenvalue weighted by atomic mass is 16.5. The van der Waals surface area contributed by atoms with Gasteiger partial charge in [-0.3, -0.25) is 0 Å². The number of nitrogens with zero attached hydrogens (tertiary/aromatic N) is 3. The van der Waals surface area contributed by atoms with Gasteiger partial charge in [-0.1, -0.05) is 12.1 Å². The van der Waals surface area contributed by atoms with E-state index in [9.17, 15) is 0 Å². The van der Waals surface area contributed by atoms with Gasteiger partial charge in [0, 0.05) is 44.6 Å². The van der Waals surface area contributed by atoms with Crippen molar-refractivity contribution in [3.05, 3.63) is 48.0 Å². The van der Waals surface area contributed by atoms with Crippen LogP contribution in [0.4, 0.5) is 5.69 Å². The lowest BCUT2D eigenvalue weighted by molar-refractivity contribution is 0.122. The number of hydrogen-bond donors (Lipinski definition) is 1. The van der Waals surface area contributed by atoms with Gasteiger partial charge in [-0.05, 0) is 24.6 Å². The normalized spacial score (nSPS) is 16.7.